The van der Waals surface area contributed by atoms with E-state index in [1.807, 2.05) is 19.1 Å². The summed E-state index contributed by atoms with van der Waals surface area (Å²) in [6.45, 7) is 1.92. The lowest BCUT2D eigenvalue weighted by atomic mass is 10.1. The largest absolute Gasteiger partial charge is 0.399 e. The van der Waals surface area contributed by atoms with Crippen LogP contribution < -0.4 is 11.1 Å². The molecule has 3 N–H and O–H groups in total. The zero-order valence-corrected chi connectivity index (χ0v) is 13.2. The number of hydrogen-bond donors (Lipinski definition) is 2. The predicted molar refractivity (Wildman–Crippen MR) is 85.9 cm³/mol. The van der Waals surface area contributed by atoms with Gasteiger partial charge in [-0.05, 0) is 42.8 Å². The summed E-state index contributed by atoms with van der Waals surface area (Å²) in [6.07, 6.45) is 0. The number of nitrogens with two attached hydrogens (primary N) is 1. The standard InChI is InChI=1S/C15H14BrClN2O/c1-9(10-2-4-13(17)5-3-10)19-15(20)11-6-12(16)8-14(18)7-11/h2-9H,18H2,1H3,(H,19,20). The summed E-state index contributed by atoms with van der Waals surface area (Å²) in [5.74, 6) is -0.166. The molecule has 20 heavy (non-hydrogen) atoms. The molecule has 2 rings (SSSR count). The van der Waals surface area contributed by atoms with Gasteiger partial charge in [0.1, 0.15) is 0 Å². The second-order valence-electron chi connectivity index (χ2n) is 4.52. The van der Waals surface area contributed by atoms with Crippen LogP contribution in [0.2, 0.25) is 5.02 Å². The fraction of sp³-hybridized carbons (Fsp3) is 0.133. The summed E-state index contributed by atoms with van der Waals surface area (Å²) in [7, 11) is 0. The minimum absolute atomic E-state index is 0.111. The van der Waals surface area contributed by atoms with E-state index in [9.17, 15) is 4.79 Å². The predicted octanol–water partition coefficient (Wildman–Crippen LogP) is 4.18. The minimum atomic E-state index is -0.166. The maximum atomic E-state index is 12.2. The van der Waals surface area contributed by atoms with E-state index in [0.717, 1.165) is 10.0 Å². The second-order valence-corrected chi connectivity index (χ2v) is 5.87. The summed E-state index contributed by atoms with van der Waals surface area (Å²) in [5.41, 5.74) is 7.79. The van der Waals surface area contributed by atoms with Gasteiger partial charge >= 0.3 is 0 Å². The molecule has 0 fully saturated rings. The van der Waals surface area contributed by atoms with Crippen LogP contribution in [0.4, 0.5) is 5.69 Å². The number of amides is 1. The highest BCUT2D eigenvalue weighted by atomic mass is 79.9. The molecule has 104 valence electrons. The monoisotopic (exact) mass is 352 g/mol. The fourth-order valence-corrected chi connectivity index (χ4v) is 2.50. The minimum Gasteiger partial charge on any atom is -0.399 e. The second kappa shape index (κ2) is 6.29. The van der Waals surface area contributed by atoms with Crippen LogP contribution in [0.15, 0.2) is 46.9 Å². The number of halogens is 2. The average molecular weight is 354 g/mol. The van der Waals surface area contributed by atoms with Crippen molar-refractivity contribution >= 4 is 39.1 Å². The number of nitrogens with one attached hydrogen (secondary N) is 1. The maximum Gasteiger partial charge on any atom is 0.251 e. The maximum absolute atomic E-state index is 12.2. The third kappa shape index (κ3) is 3.74. The van der Waals surface area contributed by atoms with E-state index < -0.39 is 0 Å². The van der Waals surface area contributed by atoms with Crippen LogP contribution in [0.5, 0.6) is 0 Å². The quantitative estimate of drug-likeness (QED) is 0.813. The normalized spacial score (nSPS) is 11.9. The van der Waals surface area contributed by atoms with Gasteiger partial charge in [0.25, 0.3) is 5.91 Å². The van der Waals surface area contributed by atoms with Crippen LogP contribution in [-0.2, 0) is 0 Å². The van der Waals surface area contributed by atoms with Gasteiger partial charge in [-0.3, -0.25) is 4.79 Å². The van der Waals surface area contributed by atoms with Crippen molar-refractivity contribution in [1.82, 2.24) is 5.32 Å². The topological polar surface area (TPSA) is 55.1 Å². The highest BCUT2D eigenvalue weighted by Crippen LogP contribution is 2.19. The van der Waals surface area contributed by atoms with Crippen molar-refractivity contribution in [2.45, 2.75) is 13.0 Å². The van der Waals surface area contributed by atoms with E-state index >= 15 is 0 Å². The van der Waals surface area contributed by atoms with Gasteiger partial charge in [0, 0.05) is 20.7 Å². The lowest BCUT2D eigenvalue weighted by molar-refractivity contribution is 0.0940. The van der Waals surface area contributed by atoms with Crippen molar-refractivity contribution in [3.63, 3.8) is 0 Å². The molecule has 1 atom stereocenters. The van der Waals surface area contributed by atoms with E-state index in [1.54, 1.807) is 30.3 Å². The number of carbonyl (C=O) groups is 1. The van der Waals surface area contributed by atoms with Crippen LogP contribution in [0.3, 0.4) is 0 Å². The highest BCUT2D eigenvalue weighted by molar-refractivity contribution is 9.10. The van der Waals surface area contributed by atoms with Gasteiger partial charge in [-0.15, -0.1) is 0 Å². The molecule has 1 unspecified atom stereocenters. The summed E-state index contributed by atoms with van der Waals surface area (Å²) < 4.78 is 0.779. The first-order valence-electron chi connectivity index (χ1n) is 6.08. The van der Waals surface area contributed by atoms with Gasteiger partial charge < -0.3 is 11.1 Å². The summed E-state index contributed by atoms with van der Waals surface area (Å²) in [5, 5.41) is 3.60. The molecule has 0 aliphatic heterocycles. The van der Waals surface area contributed by atoms with Gasteiger partial charge in [0.2, 0.25) is 0 Å². The number of benzene rings is 2. The van der Waals surface area contributed by atoms with Crippen molar-refractivity contribution < 1.29 is 4.79 Å². The van der Waals surface area contributed by atoms with Gasteiger partial charge in [0.05, 0.1) is 6.04 Å². The number of anilines is 1. The van der Waals surface area contributed by atoms with Crippen LogP contribution >= 0.6 is 27.5 Å². The third-order valence-corrected chi connectivity index (χ3v) is 3.61. The summed E-state index contributed by atoms with van der Waals surface area (Å²) in [4.78, 5) is 12.2. The Labute approximate surface area is 131 Å². The highest BCUT2D eigenvalue weighted by Gasteiger charge is 2.12. The number of carbonyl (C=O) groups excluding carboxylic acids is 1. The molecule has 0 radical (unpaired) electrons. The Morgan fingerprint density at radius 1 is 1.25 bits per heavy atom. The van der Waals surface area contributed by atoms with Gasteiger partial charge in [-0.2, -0.15) is 0 Å². The van der Waals surface area contributed by atoms with E-state index in [-0.39, 0.29) is 11.9 Å². The Kier molecular flexibility index (Phi) is 4.68. The van der Waals surface area contributed by atoms with Crippen molar-refractivity contribution in [1.29, 1.82) is 0 Å². The molecule has 0 bridgehead atoms. The van der Waals surface area contributed by atoms with Crippen LogP contribution in [0.25, 0.3) is 0 Å². The molecule has 2 aromatic carbocycles. The fourth-order valence-electron chi connectivity index (χ4n) is 1.86. The first kappa shape index (κ1) is 14.9. The lowest BCUT2D eigenvalue weighted by Crippen LogP contribution is -2.26. The van der Waals surface area contributed by atoms with Gasteiger partial charge in [0.15, 0.2) is 0 Å². The number of hydrogen-bond acceptors (Lipinski definition) is 2. The molecule has 0 saturated carbocycles. The molecule has 0 heterocycles. The molecule has 0 saturated heterocycles. The molecule has 1 amide bonds. The summed E-state index contributed by atoms with van der Waals surface area (Å²) in [6, 6.07) is 12.4. The lowest BCUT2D eigenvalue weighted by Gasteiger charge is -2.15. The van der Waals surface area contributed by atoms with Crippen LogP contribution in [0.1, 0.15) is 28.9 Å². The Morgan fingerprint density at radius 3 is 2.50 bits per heavy atom. The molecular weight excluding hydrogens is 340 g/mol. The van der Waals surface area contributed by atoms with Crippen LogP contribution in [-0.4, -0.2) is 5.91 Å². The van der Waals surface area contributed by atoms with E-state index in [4.69, 9.17) is 17.3 Å². The number of rotatable bonds is 3. The average Bonchev–Trinajstić information content (AvgIpc) is 2.38. The zero-order chi connectivity index (χ0) is 14.7. The molecule has 2 aromatic rings. The van der Waals surface area contributed by atoms with E-state index in [1.165, 1.54) is 0 Å². The molecule has 0 aromatic heterocycles. The first-order chi connectivity index (χ1) is 9.45. The van der Waals surface area contributed by atoms with Crippen molar-refractivity contribution in [2.75, 3.05) is 5.73 Å². The number of nitrogen functional groups attached to an aromatic ring is 1. The molecule has 5 heteroatoms. The van der Waals surface area contributed by atoms with Gasteiger partial charge in [-0.25, -0.2) is 0 Å². The Hall–Kier alpha value is -1.52. The van der Waals surface area contributed by atoms with E-state index in [2.05, 4.69) is 21.2 Å². The molecule has 0 aliphatic carbocycles. The van der Waals surface area contributed by atoms with Gasteiger partial charge in [-0.1, -0.05) is 39.7 Å². The first-order valence-corrected chi connectivity index (χ1v) is 7.25. The Balaban J connectivity index is 2.12. The molecule has 0 aliphatic rings. The van der Waals surface area contributed by atoms with Crippen molar-refractivity contribution in [2.24, 2.45) is 0 Å². The zero-order valence-electron chi connectivity index (χ0n) is 10.9. The Morgan fingerprint density at radius 2 is 1.90 bits per heavy atom. The Bertz CT molecular complexity index is 608. The molecular formula is C15H14BrClN2O. The van der Waals surface area contributed by atoms with Crippen LogP contribution in [0, 0.1) is 0 Å². The van der Waals surface area contributed by atoms with Crippen molar-refractivity contribution in [3.05, 3.63) is 63.1 Å². The molecule has 3 nitrogen and oxygen atoms in total. The smallest absolute Gasteiger partial charge is 0.251 e. The van der Waals surface area contributed by atoms with E-state index in [0.29, 0.717) is 16.3 Å². The van der Waals surface area contributed by atoms with Crippen molar-refractivity contribution in [3.8, 4) is 0 Å². The third-order valence-electron chi connectivity index (χ3n) is 2.90. The molecule has 0 spiro atoms. The summed E-state index contributed by atoms with van der Waals surface area (Å²) >= 11 is 9.17. The SMILES string of the molecule is CC(NC(=O)c1cc(N)cc(Br)c1)c1ccc(Cl)cc1.